The molecule has 6 heteroatoms. The zero-order valence-corrected chi connectivity index (χ0v) is 15.5. The van der Waals surface area contributed by atoms with Crippen LogP contribution in [-0.2, 0) is 0 Å². The summed E-state index contributed by atoms with van der Waals surface area (Å²) < 4.78 is 0. The van der Waals surface area contributed by atoms with Gasteiger partial charge in [0.05, 0.1) is 15.5 Å². The normalized spacial score (nSPS) is 11.7. The standard InChI is InChI=1S/C15H27N3OS2/c1-9(2)18(10(3)4)8-7-17-15-14(20-6)12(16)13(21-15)11(5)19/h9-10,17H,7-8,16H2,1-6H3. The first kappa shape index (κ1) is 18.3. The van der Waals surface area contributed by atoms with E-state index in [0.29, 0.717) is 22.6 Å². The molecule has 0 aliphatic heterocycles. The van der Waals surface area contributed by atoms with E-state index in [-0.39, 0.29) is 5.78 Å². The van der Waals surface area contributed by atoms with E-state index in [1.807, 2.05) is 6.26 Å². The summed E-state index contributed by atoms with van der Waals surface area (Å²) in [5, 5.41) is 4.46. The summed E-state index contributed by atoms with van der Waals surface area (Å²) in [7, 11) is 0. The van der Waals surface area contributed by atoms with Gasteiger partial charge < -0.3 is 11.1 Å². The van der Waals surface area contributed by atoms with Gasteiger partial charge in [-0.3, -0.25) is 9.69 Å². The van der Waals surface area contributed by atoms with Gasteiger partial charge in [0.1, 0.15) is 5.00 Å². The minimum absolute atomic E-state index is 0.0341. The third-order valence-electron chi connectivity index (χ3n) is 3.41. The van der Waals surface area contributed by atoms with Gasteiger partial charge in [0, 0.05) is 32.1 Å². The Hall–Kier alpha value is -0.720. The number of hydrogen-bond donors (Lipinski definition) is 2. The number of ketones is 1. The van der Waals surface area contributed by atoms with Gasteiger partial charge in [0.2, 0.25) is 0 Å². The Balaban J connectivity index is 2.75. The topological polar surface area (TPSA) is 58.4 Å². The maximum absolute atomic E-state index is 11.6. The SMILES string of the molecule is CSc1c(NCCN(C(C)C)C(C)C)sc(C(C)=O)c1N. The van der Waals surface area contributed by atoms with Crippen molar-refractivity contribution in [1.82, 2.24) is 4.90 Å². The molecule has 0 saturated carbocycles. The first-order valence-electron chi connectivity index (χ1n) is 7.26. The average molecular weight is 330 g/mol. The molecule has 0 spiro atoms. The molecular formula is C15H27N3OS2. The van der Waals surface area contributed by atoms with Gasteiger partial charge in [-0.25, -0.2) is 0 Å². The number of nitrogens with zero attached hydrogens (tertiary/aromatic N) is 1. The number of thioether (sulfide) groups is 1. The van der Waals surface area contributed by atoms with Crippen LogP contribution >= 0.6 is 23.1 Å². The van der Waals surface area contributed by atoms with Gasteiger partial charge >= 0.3 is 0 Å². The van der Waals surface area contributed by atoms with Gasteiger partial charge in [-0.1, -0.05) is 0 Å². The highest BCUT2D eigenvalue weighted by Gasteiger charge is 2.18. The van der Waals surface area contributed by atoms with Crippen LogP contribution in [0.25, 0.3) is 0 Å². The Kier molecular flexibility index (Phi) is 7.03. The molecule has 0 bridgehead atoms. The number of anilines is 2. The monoisotopic (exact) mass is 329 g/mol. The fraction of sp³-hybridized carbons (Fsp3) is 0.667. The first-order chi connectivity index (χ1) is 9.79. The molecule has 0 aliphatic carbocycles. The smallest absolute Gasteiger partial charge is 0.171 e. The molecule has 21 heavy (non-hydrogen) atoms. The number of carbonyl (C=O) groups excluding carboxylic acids is 1. The van der Waals surface area contributed by atoms with E-state index >= 15 is 0 Å². The number of nitrogens with one attached hydrogen (secondary N) is 1. The third-order valence-corrected chi connectivity index (χ3v) is 5.63. The molecule has 0 fully saturated rings. The maximum Gasteiger partial charge on any atom is 0.171 e. The van der Waals surface area contributed by atoms with Gasteiger partial charge in [-0.05, 0) is 34.0 Å². The van der Waals surface area contributed by atoms with Crippen LogP contribution in [0.15, 0.2) is 4.90 Å². The van der Waals surface area contributed by atoms with E-state index in [1.54, 1.807) is 18.7 Å². The zero-order valence-electron chi connectivity index (χ0n) is 13.8. The van der Waals surface area contributed by atoms with E-state index in [4.69, 9.17) is 5.73 Å². The molecule has 0 amide bonds. The summed E-state index contributed by atoms with van der Waals surface area (Å²) in [6, 6.07) is 1.04. The van der Waals surface area contributed by atoms with Crippen LogP contribution in [0.2, 0.25) is 0 Å². The van der Waals surface area contributed by atoms with Crippen molar-refractivity contribution < 1.29 is 4.79 Å². The Morgan fingerprint density at radius 3 is 2.33 bits per heavy atom. The molecule has 0 unspecified atom stereocenters. The van der Waals surface area contributed by atoms with Crippen LogP contribution in [0.5, 0.6) is 0 Å². The Morgan fingerprint density at radius 1 is 1.33 bits per heavy atom. The van der Waals surface area contributed by atoms with Crippen molar-refractivity contribution in [2.24, 2.45) is 0 Å². The van der Waals surface area contributed by atoms with Crippen molar-refractivity contribution in [2.75, 3.05) is 30.4 Å². The molecule has 0 atom stereocenters. The molecule has 3 N–H and O–H groups in total. The second-order valence-electron chi connectivity index (χ2n) is 5.62. The molecule has 1 heterocycles. The maximum atomic E-state index is 11.6. The summed E-state index contributed by atoms with van der Waals surface area (Å²) in [6.07, 6.45) is 1.99. The predicted octanol–water partition coefficient (Wildman–Crippen LogP) is 3.79. The van der Waals surface area contributed by atoms with Crippen molar-refractivity contribution in [1.29, 1.82) is 0 Å². The highest BCUT2D eigenvalue weighted by molar-refractivity contribution is 7.99. The zero-order chi connectivity index (χ0) is 16.2. The van der Waals surface area contributed by atoms with Crippen molar-refractivity contribution in [3.8, 4) is 0 Å². The summed E-state index contributed by atoms with van der Waals surface area (Å²) in [4.78, 5) is 15.7. The number of nitrogen functional groups attached to an aromatic ring is 1. The summed E-state index contributed by atoms with van der Waals surface area (Å²) in [5.74, 6) is 0.0341. The molecule has 1 rings (SSSR count). The van der Waals surface area contributed by atoms with E-state index in [1.165, 1.54) is 11.3 Å². The minimum atomic E-state index is 0.0341. The summed E-state index contributed by atoms with van der Waals surface area (Å²) >= 11 is 3.05. The largest absolute Gasteiger partial charge is 0.396 e. The molecule has 4 nitrogen and oxygen atoms in total. The minimum Gasteiger partial charge on any atom is -0.396 e. The number of nitrogens with two attached hydrogens (primary N) is 1. The second kappa shape index (κ2) is 8.06. The number of thiophene rings is 1. The fourth-order valence-electron chi connectivity index (χ4n) is 2.42. The van der Waals surface area contributed by atoms with Crippen LogP contribution in [-0.4, -0.2) is 42.1 Å². The number of hydrogen-bond acceptors (Lipinski definition) is 6. The lowest BCUT2D eigenvalue weighted by Crippen LogP contribution is -2.40. The van der Waals surface area contributed by atoms with E-state index in [0.717, 1.165) is 23.0 Å². The van der Waals surface area contributed by atoms with Crippen LogP contribution < -0.4 is 11.1 Å². The highest BCUT2D eigenvalue weighted by atomic mass is 32.2. The molecule has 0 aliphatic rings. The van der Waals surface area contributed by atoms with Crippen molar-refractivity contribution >= 4 is 39.6 Å². The van der Waals surface area contributed by atoms with Crippen molar-refractivity contribution in [3.05, 3.63) is 4.88 Å². The predicted molar refractivity (Wildman–Crippen MR) is 96.0 cm³/mol. The molecule has 1 aromatic heterocycles. The van der Waals surface area contributed by atoms with E-state index < -0.39 is 0 Å². The van der Waals surface area contributed by atoms with Gasteiger partial charge in [-0.2, -0.15) is 0 Å². The first-order valence-corrected chi connectivity index (χ1v) is 9.30. The lowest BCUT2D eigenvalue weighted by molar-refractivity contribution is 0.102. The number of Topliss-reactive ketones (excluding diaryl/α,β-unsaturated/α-hetero) is 1. The lowest BCUT2D eigenvalue weighted by Gasteiger charge is -2.30. The fourth-order valence-corrected chi connectivity index (χ4v) is 4.38. The Labute approximate surface area is 136 Å². The average Bonchev–Trinajstić information content (AvgIpc) is 2.70. The molecule has 0 aromatic carbocycles. The summed E-state index contributed by atoms with van der Waals surface area (Å²) in [5.41, 5.74) is 6.68. The van der Waals surface area contributed by atoms with Crippen LogP contribution in [0.4, 0.5) is 10.7 Å². The van der Waals surface area contributed by atoms with Crippen molar-refractivity contribution in [3.63, 3.8) is 0 Å². The van der Waals surface area contributed by atoms with E-state index in [9.17, 15) is 4.79 Å². The lowest BCUT2D eigenvalue weighted by atomic mass is 10.2. The van der Waals surface area contributed by atoms with Gasteiger partial charge in [-0.15, -0.1) is 23.1 Å². The van der Waals surface area contributed by atoms with Crippen LogP contribution in [0.3, 0.4) is 0 Å². The van der Waals surface area contributed by atoms with E-state index in [2.05, 4.69) is 37.9 Å². The van der Waals surface area contributed by atoms with Gasteiger partial charge in [0.25, 0.3) is 0 Å². The number of rotatable bonds is 8. The van der Waals surface area contributed by atoms with Gasteiger partial charge in [0.15, 0.2) is 5.78 Å². The second-order valence-corrected chi connectivity index (χ2v) is 7.45. The van der Waals surface area contributed by atoms with Crippen molar-refractivity contribution in [2.45, 2.75) is 51.6 Å². The molecule has 1 aromatic rings. The summed E-state index contributed by atoms with van der Waals surface area (Å²) in [6.45, 7) is 12.2. The molecule has 0 radical (unpaired) electrons. The number of carbonyl (C=O) groups is 1. The third kappa shape index (κ3) is 4.63. The van der Waals surface area contributed by atoms with Crippen LogP contribution in [0, 0.1) is 0 Å². The molecule has 120 valence electrons. The molecule has 0 saturated heterocycles. The Morgan fingerprint density at radius 2 is 1.90 bits per heavy atom. The van der Waals surface area contributed by atoms with Crippen LogP contribution in [0.1, 0.15) is 44.3 Å². The quantitative estimate of drug-likeness (QED) is 0.561. The Bertz CT molecular complexity index is 476. The highest BCUT2D eigenvalue weighted by Crippen LogP contribution is 2.41. The molecular weight excluding hydrogens is 302 g/mol.